The molecule has 4 aliphatic rings. The van der Waals surface area contributed by atoms with Gasteiger partial charge < -0.3 is 15.2 Å². The molecule has 6 heteroatoms. The second-order valence-corrected chi connectivity index (χ2v) is 9.71. The number of hydrogen-bond donors (Lipinski definition) is 2. The molecule has 0 bridgehead atoms. The van der Waals surface area contributed by atoms with E-state index in [4.69, 9.17) is 9.98 Å². The van der Waals surface area contributed by atoms with Gasteiger partial charge in [-0.3, -0.25) is 4.90 Å². The average molecular weight is 509 g/mol. The van der Waals surface area contributed by atoms with Crippen molar-refractivity contribution < 1.29 is 0 Å². The number of hydrogen-bond acceptors (Lipinski definition) is 5. The van der Waals surface area contributed by atoms with E-state index in [0.29, 0.717) is 11.9 Å². The van der Waals surface area contributed by atoms with Gasteiger partial charge in [0, 0.05) is 60.6 Å². The Balaban J connectivity index is 1.30. The number of nitrogens with zero attached hydrogens (tertiary/aromatic N) is 4. The van der Waals surface area contributed by atoms with Crippen LogP contribution in [0.2, 0.25) is 0 Å². The molecule has 0 fully saturated rings. The van der Waals surface area contributed by atoms with Gasteiger partial charge in [-0.15, -0.1) is 0 Å². The van der Waals surface area contributed by atoms with Crippen molar-refractivity contribution in [2.45, 2.75) is 5.92 Å². The van der Waals surface area contributed by atoms with Crippen molar-refractivity contribution in [3.8, 4) is 5.69 Å². The summed E-state index contributed by atoms with van der Waals surface area (Å²) < 4.78 is 2.10. The molecule has 0 unspecified atom stereocenters. The van der Waals surface area contributed by atoms with Gasteiger partial charge in [0.1, 0.15) is 0 Å². The van der Waals surface area contributed by atoms with E-state index in [-0.39, 0.29) is 0 Å². The van der Waals surface area contributed by atoms with Gasteiger partial charge in [0.2, 0.25) is 5.96 Å². The maximum atomic E-state index is 5.09. The molecular weight excluding hydrogens is 480 g/mol. The van der Waals surface area contributed by atoms with E-state index in [1.54, 1.807) is 0 Å². The standard InChI is InChI=1S/C33H28N6/c1-34-29-18-23(22-8-3-4-9-22)12-14-27(29)31-20-25-10-7-11-26-21-32(37-33(36-31)39(25)26)28-15-13-24(19-30(28)35-2)38-16-5-6-17-38/h3-22,34-35H,1-2H3. The minimum atomic E-state index is 0.308. The lowest BCUT2D eigenvalue weighted by Gasteiger charge is -2.34. The quantitative estimate of drug-likeness (QED) is 0.393. The highest BCUT2D eigenvalue weighted by molar-refractivity contribution is 6.19. The highest BCUT2D eigenvalue weighted by Crippen LogP contribution is 2.37. The largest absolute Gasteiger partial charge is 0.388 e. The Labute approximate surface area is 228 Å². The highest BCUT2D eigenvalue weighted by atomic mass is 15.3. The van der Waals surface area contributed by atoms with Gasteiger partial charge in [-0.05, 0) is 66.3 Å². The lowest BCUT2D eigenvalue weighted by molar-refractivity contribution is 0.648. The molecular formula is C33H28N6. The molecule has 0 atom stereocenters. The van der Waals surface area contributed by atoms with Crippen LogP contribution in [-0.2, 0) is 0 Å². The van der Waals surface area contributed by atoms with Crippen LogP contribution >= 0.6 is 0 Å². The summed E-state index contributed by atoms with van der Waals surface area (Å²) in [7, 11) is 3.91. The number of guanidine groups is 1. The van der Waals surface area contributed by atoms with Gasteiger partial charge in [-0.1, -0.05) is 42.5 Å². The molecule has 0 radical (unpaired) electrons. The van der Waals surface area contributed by atoms with Crippen molar-refractivity contribution in [1.82, 2.24) is 9.47 Å². The molecule has 2 N–H and O–H groups in total. The average Bonchev–Trinajstić information content (AvgIpc) is 3.72. The molecule has 0 amide bonds. The van der Waals surface area contributed by atoms with E-state index in [1.807, 2.05) is 38.6 Å². The van der Waals surface area contributed by atoms with Crippen LogP contribution in [0, 0.1) is 0 Å². The van der Waals surface area contributed by atoms with Crippen molar-refractivity contribution in [3.63, 3.8) is 0 Å². The zero-order valence-electron chi connectivity index (χ0n) is 21.8. The Hall–Kier alpha value is -5.10. The molecule has 3 aliphatic heterocycles. The molecule has 7 rings (SSSR count). The summed E-state index contributed by atoms with van der Waals surface area (Å²) in [5.74, 6) is 0.975. The SMILES string of the molecule is CNc1cc(-n2cccc2)ccc1C1=CC2=CC=CC3=CC(c4ccc(C5C=CC=C5)cc4NC)=NC(=N1)N23. The fourth-order valence-corrected chi connectivity index (χ4v) is 5.44. The molecule has 4 heterocycles. The molecule has 1 aromatic heterocycles. The second-order valence-electron chi connectivity index (χ2n) is 9.71. The molecule has 1 aliphatic carbocycles. The number of nitrogens with one attached hydrogen (secondary N) is 2. The maximum Gasteiger partial charge on any atom is 0.235 e. The Bertz CT molecular complexity index is 1710. The summed E-state index contributed by atoms with van der Waals surface area (Å²) in [5, 5.41) is 6.75. The van der Waals surface area contributed by atoms with Crippen LogP contribution in [-0.4, -0.2) is 35.2 Å². The van der Waals surface area contributed by atoms with E-state index >= 15 is 0 Å². The first kappa shape index (κ1) is 23.0. The van der Waals surface area contributed by atoms with Gasteiger partial charge in [0.15, 0.2) is 0 Å². The zero-order valence-corrected chi connectivity index (χ0v) is 21.8. The van der Waals surface area contributed by atoms with E-state index in [0.717, 1.165) is 51.0 Å². The number of anilines is 2. The van der Waals surface area contributed by atoms with Crippen LogP contribution in [0.4, 0.5) is 11.4 Å². The molecule has 0 saturated carbocycles. The Morgan fingerprint density at radius 3 is 2.33 bits per heavy atom. The van der Waals surface area contributed by atoms with Crippen LogP contribution in [0.3, 0.4) is 0 Å². The molecule has 0 saturated heterocycles. The number of rotatable bonds is 6. The third kappa shape index (κ3) is 3.97. The number of aromatic nitrogens is 1. The molecule has 6 nitrogen and oxygen atoms in total. The third-order valence-corrected chi connectivity index (χ3v) is 7.43. The Morgan fingerprint density at radius 2 is 1.54 bits per heavy atom. The summed E-state index contributed by atoms with van der Waals surface area (Å²) in [6, 6.07) is 17.0. The minimum Gasteiger partial charge on any atom is -0.388 e. The van der Waals surface area contributed by atoms with Crippen molar-refractivity contribution >= 4 is 28.7 Å². The summed E-state index contributed by atoms with van der Waals surface area (Å²) in [6.45, 7) is 0. The predicted molar refractivity (Wildman–Crippen MR) is 161 cm³/mol. The first-order valence-corrected chi connectivity index (χ1v) is 13.1. The van der Waals surface area contributed by atoms with Crippen LogP contribution in [0.15, 0.2) is 137 Å². The van der Waals surface area contributed by atoms with Crippen LogP contribution in [0.1, 0.15) is 22.6 Å². The molecule has 0 spiro atoms. The zero-order chi connectivity index (χ0) is 26.3. The van der Waals surface area contributed by atoms with Crippen LogP contribution < -0.4 is 10.6 Å². The van der Waals surface area contributed by atoms with Gasteiger partial charge in [0.05, 0.1) is 22.8 Å². The maximum absolute atomic E-state index is 5.09. The number of benzene rings is 2. The molecule has 3 aromatic rings. The molecule has 2 aromatic carbocycles. The van der Waals surface area contributed by atoms with Crippen molar-refractivity contribution in [3.05, 3.63) is 144 Å². The fourth-order valence-electron chi connectivity index (χ4n) is 5.44. The van der Waals surface area contributed by atoms with Crippen molar-refractivity contribution in [2.24, 2.45) is 9.98 Å². The lowest BCUT2D eigenvalue weighted by Crippen LogP contribution is -2.34. The van der Waals surface area contributed by atoms with Gasteiger partial charge in [0.25, 0.3) is 0 Å². The van der Waals surface area contributed by atoms with E-state index < -0.39 is 0 Å². The summed E-state index contributed by atoms with van der Waals surface area (Å²) in [4.78, 5) is 12.3. The minimum absolute atomic E-state index is 0.308. The summed E-state index contributed by atoms with van der Waals surface area (Å²) in [6.07, 6.45) is 23.3. The van der Waals surface area contributed by atoms with E-state index in [1.165, 1.54) is 5.56 Å². The van der Waals surface area contributed by atoms with Gasteiger partial charge >= 0.3 is 0 Å². The Kier molecular flexibility index (Phi) is 5.51. The van der Waals surface area contributed by atoms with Gasteiger partial charge in [-0.2, -0.15) is 0 Å². The lowest BCUT2D eigenvalue weighted by atomic mass is 9.95. The second kappa shape index (κ2) is 9.33. The smallest absolute Gasteiger partial charge is 0.235 e. The van der Waals surface area contributed by atoms with E-state index in [9.17, 15) is 0 Å². The Morgan fingerprint density at radius 1 is 0.769 bits per heavy atom. The third-order valence-electron chi connectivity index (χ3n) is 7.43. The monoisotopic (exact) mass is 508 g/mol. The van der Waals surface area contributed by atoms with Crippen molar-refractivity contribution in [1.29, 1.82) is 0 Å². The highest BCUT2D eigenvalue weighted by Gasteiger charge is 2.29. The predicted octanol–water partition coefficient (Wildman–Crippen LogP) is 6.62. The van der Waals surface area contributed by atoms with Gasteiger partial charge in [-0.25, -0.2) is 9.98 Å². The summed E-state index contributed by atoms with van der Waals surface area (Å²) in [5.41, 5.74) is 10.3. The molecule has 190 valence electrons. The van der Waals surface area contributed by atoms with Crippen LogP contribution in [0.25, 0.3) is 11.4 Å². The number of allylic oxidation sites excluding steroid dienone is 9. The number of aliphatic imine (C=N–C) groups is 2. The van der Waals surface area contributed by atoms with E-state index in [2.05, 4.69) is 111 Å². The topological polar surface area (TPSA) is 57.0 Å². The van der Waals surface area contributed by atoms with Crippen molar-refractivity contribution in [2.75, 3.05) is 24.7 Å². The molecule has 39 heavy (non-hydrogen) atoms. The fraction of sp³-hybridized carbons (Fsp3) is 0.0909. The first-order valence-electron chi connectivity index (χ1n) is 13.1. The van der Waals surface area contributed by atoms with Crippen LogP contribution in [0.5, 0.6) is 0 Å². The first-order chi connectivity index (χ1) is 19.2. The normalized spacial score (nSPS) is 17.3. The summed E-state index contributed by atoms with van der Waals surface area (Å²) >= 11 is 0.